The SMILES string of the molecule is COC(=O)OC1CCC=CCC1. The summed E-state index contributed by atoms with van der Waals surface area (Å²) in [5.74, 6) is 0. The second kappa shape index (κ2) is 4.80. The average molecular weight is 170 g/mol. The fourth-order valence-corrected chi connectivity index (χ4v) is 1.25. The Kier molecular flexibility index (Phi) is 3.64. The number of carbonyl (C=O) groups excluding carboxylic acids is 1. The summed E-state index contributed by atoms with van der Waals surface area (Å²) in [6.07, 6.45) is 7.51. The normalized spacial score (nSPS) is 18.4. The molecule has 0 amide bonds. The van der Waals surface area contributed by atoms with Crippen LogP contribution in [0.3, 0.4) is 0 Å². The van der Waals surface area contributed by atoms with E-state index in [1.54, 1.807) is 0 Å². The van der Waals surface area contributed by atoms with E-state index in [4.69, 9.17) is 4.74 Å². The predicted octanol–water partition coefficient (Wildman–Crippen LogP) is 2.27. The molecule has 3 heteroatoms. The van der Waals surface area contributed by atoms with E-state index < -0.39 is 6.16 Å². The molecule has 0 aromatic carbocycles. The summed E-state index contributed by atoms with van der Waals surface area (Å²) in [5.41, 5.74) is 0. The van der Waals surface area contributed by atoms with E-state index in [-0.39, 0.29) is 6.10 Å². The molecular weight excluding hydrogens is 156 g/mol. The van der Waals surface area contributed by atoms with E-state index in [2.05, 4.69) is 16.9 Å². The van der Waals surface area contributed by atoms with Gasteiger partial charge in [-0.2, -0.15) is 0 Å². The monoisotopic (exact) mass is 170 g/mol. The molecule has 1 aliphatic carbocycles. The lowest BCUT2D eigenvalue weighted by molar-refractivity contribution is 0.0321. The molecule has 0 radical (unpaired) electrons. The molecule has 0 N–H and O–H groups in total. The molecule has 1 aliphatic rings. The van der Waals surface area contributed by atoms with Gasteiger partial charge in [-0.15, -0.1) is 0 Å². The van der Waals surface area contributed by atoms with Gasteiger partial charge in [-0.1, -0.05) is 12.2 Å². The Morgan fingerprint density at radius 1 is 1.33 bits per heavy atom. The molecule has 12 heavy (non-hydrogen) atoms. The minimum Gasteiger partial charge on any atom is -0.438 e. The van der Waals surface area contributed by atoms with Gasteiger partial charge in [0.2, 0.25) is 0 Å². The maximum absolute atomic E-state index is 10.7. The van der Waals surface area contributed by atoms with E-state index in [0.717, 1.165) is 25.7 Å². The van der Waals surface area contributed by atoms with E-state index in [1.165, 1.54) is 7.11 Å². The van der Waals surface area contributed by atoms with Crippen molar-refractivity contribution in [2.45, 2.75) is 31.8 Å². The fourth-order valence-electron chi connectivity index (χ4n) is 1.25. The van der Waals surface area contributed by atoms with Gasteiger partial charge in [0.15, 0.2) is 0 Å². The molecule has 3 nitrogen and oxygen atoms in total. The average Bonchev–Trinajstić information content (AvgIpc) is 2.33. The first-order valence-electron chi connectivity index (χ1n) is 4.22. The molecule has 0 saturated carbocycles. The van der Waals surface area contributed by atoms with E-state index in [1.807, 2.05) is 0 Å². The third kappa shape index (κ3) is 2.95. The largest absolute Gasteiger partial charge is 0.508 e. The highest BCUT2D eigenvalue weighted by molar-refractivity contribution is 5.59. The van der Waals surface area contributed by atoms with Gasteiger partial charge in [-0.25, -0.2) is 4.79 Å². The van der Waals surface area contributed by atoms with Crippen LogP contribution < -0.4 is 0 Å². The maximum atomic E-state index is 10.7. The Morgan fingerprint density at radius 3 is 2.42 bits per heavy atom. The molecule has 0 aliphatic heterocycles. The van der Waals surface area contributed by atoms with Crippen molar-refractivity contribution >= 4 is 6.16 Å². The molecule has 0 unspecified atom stereocenters. The van der Waals surface area contributed by atoms with Crippen molar-refractivity contribution in [1.29, 1.82) is 0 Å². The first-order chi connectivity index (χ1) is 5.83. The van der Waals surface area contributed by atoms with Crippen molar-refractivity contribution in [1.82, 2.24) is 0 Å². The summed E-state index contributed by atoms with van der Waals surface area (Å²) >= 11 is 0. The van der Waals surface area contributed by atoms with Crippen molar-refractivity contribution in [2.24, 2.45) is 0 Å². The van der Waals surface area contributed by atoms with Crippen LogP contribution in [0, 0.1) is 0 Å². The quantitative estimate of drug-likeness (QED) is 0.447. The summed E-state index contributed by atoms with van der Waals surface area (Å²) in [6, 6.07) is 0. The Morgan fingerprint density at radius 2 is 1.92 bits per heavy atom. The molecule has 0 bridgehead atoms. The molecule has 0 aromatic rings. The van der Waals surface area contributed by atoms with Gasteiger partial charge in [0.1, 0.15) is 6.10 Å². The van der Waals surface area contributed by atoms with Gasteiger partial charge in [0.05, 0.1) is 7.11 Å². The zero-order valence-electron chi connectivity index (χ0n) is 7.29. The molecule has 0 heterocycles. The smallest absolute Gasteiger partial charge is 0.438 e. The lowest BCUT2D eigenvalue weighted by atomic mass is 10.1. The molecule has 0 aromatic heterocycles. The Hall–Kier alpha value is -0.990. The van der Waals surface area contributed by atoms with Crippen LogP contribution in [-0.2, 0) is 9.47 Å². The Labute approximate surface area is 72.4 Å². The van der Waals surface area contributed by atoms with Crippen LogP contribution in [0.25, 0.3) is 0 Å². The van der Waals surface area contributed by atoms with E-state index in [0.29, 0.717) is 0 Å². The molecule has 0 saturated heterocycles. The van der Waals surface area contributed by atoms with Gasteiger partial charge >= 0.3 is 6.16 Å². The summed E-state index contributed by atoms with van der Waals surface area (Å²) < 4.78 is 9.43. The predicted molar refractivity (Wildman–Crippen MR) is 44.9 cm³/mol. The van der Waals surface area contributed by atoms with Gasteiger partial charge in [0, 0.05) is 0 Å². The first kappa shape index (κ1) is 9.10. The molecule has 0 spiro atoms. The zero-order chi connectivity index (χ0) is 8.81. The number of allylic oxidation sites excluding steroid dienone is 2. The summed E-state index contributed by atoms with van der Waals surface area (Å²) in [6.45, 7) is 0. The number of hydrogen-bond donors (Lipinski definition) is 0. The third-order valence-electron chi connectivity index (χ3n) is 1.91. The van der Waals surface area contributed by atoms with E-state index in [9.17, 15) is 4.79 Å². The molecule has 0 fully saturated rings. The Balaban J connectivity index is 2.27. The minimum atomic E-state index is -0.568. The molecule has 0 atom stereocenters. The highest BCUT2D eigenvalue weighted by atomic mass is 16.7. The topological polar surface area (TPSA) is 35.5 Å². The number of ether oxygens (including phenoxy) is 2. The number of hydrogen-bond acceptors (Lipinski definition) is 3. The van der Waals surface area contributed by atoms with Gasteiger partial charge < -0.3 is 9.47 Å². The summed E-state index contributed by atoms with van der Waals surface area (Å²) in [5, 5.41) is 0. The number of methoxy groups -OCH3 is 1. The molecular formula is C9H14O3. The van der Waals surface area contributed by atoms with Crippen molar-refractivity contribution in [3.63, 3.8) is 0 Å². The third-order valence-corrected chi connectivity index (χ3v) is 1.91. The van der Waals surface area contributed by atoms with Crippen LogP contribution in [0.2, 0.25) is 0 Å². The van der Waals surface area contributed by atoms with Crippen LogP contribution in [0.1, 0.15) is 25.7 Å². The first-order valence-corrected chi connectivity index (χ1v) is 4.22. The number of rotatable bonds is 1. The van der Waals surface area contributed by atoms with Crippen LogP contribution in [-0.4, -0.2) is 19.4 Å². The van der Waals surface area contributed by atoms with E-state index >= 15 is 0 Å². The van der Waals surface area contributed by atoms with Crippen LogP contribution >= 0.6 is 0 Å². The van der Waals surface area contributed by atoms with Crippen molar-refractivity contribution in [2.75, 3.05) is 7.11 Å². The fraction of sp³-hybridized carbons (Fsp3) is 0.667. The van der Waals surface area contributed by atoms with Gasteiger partial charge in [-0.05, 0) is 25.7 Å². The van der Waals surface area contributed by atoms with Crippen LogP contribution in [0.4, 0.5) is 4.79 Å². The number of carbonyl (C=O) groups is 1. The molecule has 1 rings (SSSR count). The standard InChI is InChI=1S/C9H14O3/c1-11-9(10)12-8-6-4-2-3-5-7-8/h2-3,8H,4-7H2,1H3. The molecule has 68 valence electrons. The van der Waals surface area contributed by atoms with Crippen molar-refractivity contribution in [3.05, 3.63) is 12.2 Å². The van der Waals surface area contributed by atoms with Crippen LogP contribution in [0.5, 0.6) is 0 Å². The lowest BCUT2D eigenvalue weighted by Crippen LogP contribution is -2.17. The second-order valence-electron chi connectivity index (χ2n) is 2.82. The van der Waals surface area contributed by atoms with Crippen molar-refractivity contribution < 1.29 is 14.3 Å². The zero-order valence-corrected chi connectivity index (χ0v) is 7.29. The highest BCUT2D eigenvalue weighted by Crippen LogP contribution is 2.15. The highest BCUT2D eigenvalue weighted by Gasteiger charge is 2.14. The lowest BCUT2D eigenvalue weighted by Gasteiger charge is -2.13. The maximum Gasteiger partial charge on any atom is 0.508 e. The van der Waals surface area contributed by atoms with Gasteiger partial charge in [0.25, 0.3) is 0 Å². The second-order valence-corrected chi connectivity index (χ2v) is 2.82. The van der Waals surface area contributed by atoms with Crippen LogP contribution in [0.15, 0.2) is 12.2 Å². The Bertz CT molecular complexity index is 165. The summed E-state index contributed by atoms with van der Waals surface area (Å²) in [4.78, 5) is 10.7. The van der Waals surface area contributed by atoms with Gasteiger partial charge in [-0.3, -0.25) is 0 Å². The van der Waals surface area contributed by atoms with Crippen molar-refractivity contribution in [3.8, 4) is 0 Å². The summed E-state index contributed by atoms with van der Waals surface area (Å²) in [7, 11) is 1.33. The minimum absolute atomic E-state index is 0.0347.